The molecule has 0 aliphatic heterocycles. The number of amides is 1. The molecule has 0 aromatic carbocycles. The Morgan fingerprint density at radius 2 is 2.35 bits per heavy atom. The van der Waals surface area contributed by atoms with Crippen LogP contribution in [0.4, 0.5) is 0 Å². The van der Waals surface area contributed by atoms with Gasteiger partial charge in [-0.25, -0.2) is 9.97 Å². The molecule has 0 spiro atoms. The van der Waals surface area contributed by atoms with Gasteiger partial charge in [0.25, 0.3) is 5.91 Å². The number of nitrogens with one attached hydrogen (secondary N) is 2. The molecule has 0 saturated carbocycles. The van der Waals surface area contributed by atoms with E-state index in [1.165, 1.54) is 6.33 Å². The van der Waals surface area contributed by atoms with E-state index in [4.69, 9.17) is 4.74 Å². The van der Waals surface area contributed by atoms with Crippen LogP contribution in [-0.2, 0) is 6.54 Å². The van der Waals surface area contributed by atoms with E-state index in [9.17, 15) is 4.79 Å². The summed E-state index contributed by atoms with van der Waals surface area (Å²) in [4.78, 5) is 20.0. The summed E-state index contributed by atoms with van der Waals surface area (Å²) in [6.45, 7) is 4.28. The Labute approximate surface area is 116 Å². The molecule has 0 saturated heterocycles. The topological polar surface area (TPSA) is 92.8 Å². The van der Waals surface area contributed by atoms with Crippen molar-refractivity contribution >= 4 is 5.91 Å². The number of carbonyl (C=O) groups is 1. The molecule has 106 valence electrons. The number of rotatable bonds is 6. The van der Waals surface area contributed by atoms with E-state index in [-0.39, 0.29) is 12.0 Å². The number of nitrogens with zero attached hydrogens (tertiary/aromatic N) is 3. The first-order valence-corrected chi connectivity index (χ1v) is 6.44. The van der Waals surface area contributed by atoms with E-state index in [0.717, 1.165) is 6.42 Å². The summed E-state index contributed by atoms with van der Waals surface area (Å²) < 4.78 is 5.59. The lowest BCUT2D eigenvalue weighted by Crippen LogP contribution is -2.23. The third kappa shape index (κ3) is 3.78. The van der Waals surface area contributed by atoms with Crippen molar-refractivity contribution < 1.29 is 9.53 Å². The van der Waals surface area contributed by atoms with Crippen LogP contribution in [0.2, 0.25) is 0 Å². The first kappa shape index (κ1) is 14.0. The molecule has 2 N–H and O–H groups in total. The minimum absolute atomic E-state index is 0.0648. The van der Waals surface area contributed by atoms with E-state index >= 15 is 0 Å². The molecule has 0 aliphatic carbocycles. The number of aromatic amines is 1. The van der Waals surface area contributed by atoms with Crippen LogP contribution in [0, 0.1) is 0 Å². The van der Waals surface area contributed by atoms with E-state index in [2.05, 4.69) is 25.5 Å². The zero-order valence-corrected chi connectivity index (χ0v) is 11.5. The number of H-pyrrole nitrogens is 1. The average molecular weight is 275 g/mol. The van der Waals surface area contributed by atoms with Gasteiger partial charge in [0.05, 0.1) is 12.6 Å². The molecule has 2 aromatic heterocycles. The Balaban J connectivity index is 1.97. The Morgan fingerprint density at radius 3 is 3.05 bits per heavy atom. The third-order valence-electron chi connectivity index (χ3n) is 2.78. The number of pyridine rings is 1. The molecule has 1 amide bonds. The Hall–Kier alpha value is -2.44. The number of ether oxygens (including phenoxy) is 1. The molecule has 20 heavy (non-hydrogen) atoms. The normalized spacial score (nSPS) is 11.9. The fourth-order valence-electron chi connectivity index (χ4n) is 1.49. The van der Waals surface area contributed by atoms with Gasteiger partial charge in [-0.3, -0.25) is 9.89 Å². The summed E-state index contributed by atoms with van der Waals surface area (Å²) in [5.41, 5.74) is 0.498. The first-order valence-electron chi connectivity index (χ1n) is 6.44. The Kier molecular flexibility index (Phi) is 4.65. The standard InChI is InChI=1S/C13H17N5O2/c1-3-9(2)20-12-6-10(4-5-14-12)13(19)15-7-11-16-8-17-18-11/h4-6,8-9H,3,7H2,1-2H3,(H,15,19)(H,16,17,18)/t9-/m1/s1. The molecule has 7 nitrogen and oxygen atoms in total. The van der Waals surface area contributed by atoms with Gasteiger partial charge in [-0.2, -0.15) is 5.10 Å². The molecule has 7 heteroatoms. The summed E-state index contributed by atoms with van der Waals surface area (Å²) in [7, 11) is 0. The Morgan fingerprint density at radius 1 is 1.50 bits per heavy atom. The summed E-state index contributed by atoms with van der Waals surface area (Å²) in [6.07, 6.45) is 3.89. The van der Waals surface area contributed by atoms with Crippen molar-refractivity contribution in [2.24, 2.45) is 0 Å². The number of carbonyl (C=O) groups excluding carboxylic acids is 1. The van der Waals surface area contributed by atoms with Crippen LogP contribution < -0.4 is 10.1 Å². The molecule has 0 unspecified atom stereocenters. The number of hydrogen-bond acceptors (Lipinski definition) is 5. The highest BCUT2D eigenvalue weighted by Gasteiger charge is 2.09. The van der Waals surface area contributed by atoms with Gasteiger partial charge in [-0.05, 0) is 19.4 Å². The maximum Gasteiger partial charge on any atom is 0.251 e. The van der Waals surface area contributed by atoms with Crippen molar-refractivity contribution in [1.82, 2.24) is 25.5 Å². The van der Waals surface area contributed by atoms with Crippen LogP contribution >= 0.6 is 0 Å². The third-order valence-corrected chi connectivity index (χ3v) is 2.78. The highest BCUT2D eigenvalue weighted by molar-refractivity contribution is 5.94. The van der Waals surface area contributed by atoms with Crippen LogP contribution in [0.25, 0.3) is 0 Å². The molecule has 1 atom stereocenters. The SMILES string of the molecule is CC[C@@H](C)Oc1cc(C(=O)NCc2ncn[nH]2)ccn1. The molecular weight excluding hydrogens is 258 g/mol. The number of hydrogen-bond donors (Lipinski definition) is 2. The van der Waals surface area contributed by atoms with Crippen molar-refractivity contribution in [3.05, 3.63) is 36.0 Å². The molecule has 0 radical (unpaired) electrons. The van der Waals surface area contributed by atoms with E-state index < -0.39 is 0 Å². The molecule has 0 aliphatic rings. The van der Waals surface area contributed by atoms with Crippen LogP contribution in [0.3, 0.4) is 0 Å². The molecule has 2 heterocycles. The average Bonchev–Trinajstić information content (AvgIpc) is 2.98. The van der Waals surface area contributed by atoms with Gasteiger partial charge in [-0.1, -0.05) is 6.92 Å². The summed E-state index contributed by atoms with van der Waals surface area (Å²) in [5.74, 6) is 0.841. The predicted molar refractivity (Wildman–Crippen MR) is 72.2 cm³/mol. The van der Waals surface area contributed by atoms with Gasteiger partial charge >= 0.3 is 0 Å². The second-order valence-corrected chi connectivity index (χ2v) is 4.33. The highest BCUT2D eigenvalue weighted by atomic mass is 16.5. The molecule has 2 rings (SSSR count). The van der Waals surface area contributed by atoms with Gasteiger partial charge in [0.2, 0.25) is 5.88 Å². The van der Waals surface area contributed by atoms with Crippen molar-refractivity contribution in [3.63, 3.8) is 0 Å². The fraction of sp³-hybridized carbons (Fsp3) is 0.385. The van der Waals surface area contributed by atoms with E-state index in [0.29, 0.717) is 23.8 Å². The molecule has 0 bridgehead atoms. The maximum absolute atomic E-state index is 12.0. The van der Waals surface area contributed by atoms with Crippen LogP contribution in [0.5, 0.6) is 5.88 Å². The maximum atomic E-state index is 12.0. The Bertz CT molecular complexity index is 556. The minimum Gasteiger partial charge on any atom is -0.475 e. The lowest BCUT2D eigenvalue weighted by atomic mass is 10.2. The van der Waals surface area contributed by atoms with Crippen LogP contribution in [0.15, 0.2) is 24.7 Å². The second kappa shape index (κ2) is 6.65. The highest BCUT2D eigenvalue weighted by Crippen LogP contribution is 2.12. The lowest BCUT2D eigenvalue weighted by Gasteiger charge is -2.12. The van der Waals surface area contributed by atoms with Crippen molar-refractivity contribution in [2.75, 3.05) is 0 Å². The lowest BCUT2D eigenvalue weighted by molar-refractivity contribution is 0.0948. The smallest absolute Gasteiger partial charge is 0.251 e. The first-order chi connectivity index (χ1) is 9.69. The van der Waals surface area contributed by atoms with Crippen molar-refractivity contribution in [1.29, 1.82) is 0 Å². The quantitative estimate of drug-likeness (QED) is 0.829. The summed E-state index contributed by atoms with van der Waals surface area (Å²) in [5, 5.41) is 9.13. The second-order valence-electron chi connectivity index (χ2n) is 4.33. The monoisotopic (exact) mass is 275 g/mol. The van der Waals surface area contributed by atoms with Crippen molar-refractivity contribution in [3.8, 4) is 5.88 Å². The fourth-order valence-corrected chi connectivity index (χ4v) is 1.49. The molecular formula is C13H17N5O2. The van der Waals surface area contributed by atoms with Gasteiger partial charge in [0.1, 0.15) is 12.2 Å². The largest absolute Gasteiger partial charge is 0.475 e. The van der Waals surface area contributed by atoms with E-state index in [1.807, 2.05) is 13.8 Å². The predicted octanol–water partition coefficient (Wildman–Crippen LogP) is 1.31. The minimum atomic E-state index is -0.210. The van der Waals surface area contributed by atoms with Gasteiger partial charge < -0.3 is 10.1 Å². The van der Waals surface area contributed by atoms with Crippen LogP contribution in [-0.4, -0.2) is 32.2 Å². The van der Waals surface area contributed by atoms with Gasteiger partial charge in [0.15, 0.2) is 0 Å². The van der Waals surface area contributed by atoms with Crippen molar-refractivity contribution in [2.45, 2.75) is 32.9 Å². The van der Waals surface area contributed by atoms with Crippen LogP contribution in [0.1, 0.15) is 36.5 Å². The van der Waals surface area contributed by atoms with E-state index in [1.54, 1.807) is 18.3 Å². The zero-order valence-electron chi connectivity index (χ0n) is 11.5. The molecule has 0 fully saturated rings. The van der Waals surface area contributed by atoms with Gasteiger partial charge in [-0.15, -0.1) is 0 Å². The zero-order chi connectivity index (χ0) is 14.4. The van der Waals surface area contributed by atoms with Gasteiger partial charge in [0, 0.05) is 17.8 Å². The summed E-state index contributed by atoms with van der Waals surface area (Å²) >= 11 is 0. The molecule has 2 aromatic rings. The number of aromatic nitrogens is 4. The summed E-state index contributed by atoms with van der Waals surface area (Å²) in [6, 6.07) is 3.26.